The molecule has 5 nitrogen and oxygen atoms in total. The van der Waals surface area contributed by atoms with Crippen LogP contribution in [0.25, 0.3) is 22.0 Å². The molecule has 0 unspecified atom stereocenters. The summed E-state index contributed by atoms with van der Waals surface area (Å²) in [5.41, 5.74) is 10.2. The van der Waals surface area contributed by atoms with Gasteiger partial charge in [0, 0.05) is 29.4 Å². The Balaban J connectivity index is 1.77. The molecule has 2 heterocycles. The van der Waals surface area contributed by atoms with Crippen molar-refractivity contribution in [3.63, 3.8) is 0 Å². The number of hydrogen-bond donors (Lipinski definition) is 1. The smallest absolute Gasteiger partial charge is 0.254 e. The van der Waals surface area contributed by atoms with E-state index in [4.69, 9.17) is 5.73 Å². The summed E-state index contributed by atoms with van der Waals surface area (Å²) in [5.74, 6) is -0.690. The molecule has 5 heteroatoms. The van der Waals surface area contributed by atoms with Crippen molar-refractivity contribution in [2.45, 2.75) is 13.5 Å². The molecule has 0 aliphatic carbocycles. The van der Waals surface area contributed by atoms with Crippen LogP contribution in [0.3, 0.4) is 0 Å². The Labute approximate surface area is 157 Å². The molecule has 0 radical (unpaired) electrons. The summed E-state index contributed by atoms with van der Waals surface area (Å²) in [7, 11) is 0. The quantitative estimate of drug-likeness (QED) is 0.729. The predicted octanol–water partition coefficient (Wildman–Crippen LogP) is 3.21. The fraction of sp³-hybridized carbons (Fsp3) is 0.136. The molecule has 4 rings (SSSR count). The number of primary amides is 1. The van der Waals surface area contributed by atoms with Crippen molar-refractivity contribution in [1.82, 2.24) is 9.88 Å². The molecule has 0 saturated carbocycles. The molecular weight excluding hydrogens is 338 g/mol. The highest BCUT2D eigenvalue weighted by Gasteiger charge is 2.29. The van der Waals surface area contributed by atoms with Crippen LogP contribution in [0.1, 0.15) is 21.5 Å². The van der Waals surface area contributed by atoms with E-state index < -0.39 is 5.91 Å². The first-order chi connectivity index (χ1) is 12.9. The largest absolute Gasteiger partial charge is 0.366 e. The summed E-state index contributed by atoms with van der Waals surface area (Å²) in [6, 6.07) is 14.0. The fourth-order valence-electron chi connectivity index (χ4n) is 3.47. The molecule has 0 atom stereocenters. The molecule has 1 aliphatic rings. The van der Waals surface area contributed by atoms with Gasteiger partial charge < -0.3 is 10.6 Å². The van der Waals surface area contributed by atoms with E-state index in [1.807, 2.05) is 43.3 Å². The van der Waals surface area contributed by atoms with Crippen LogP contribution in [0.4, 0.5) is 0 Å². The first kappa shape index (κ1) is 17.0. The van der Waals surface area contributed by atoms with Crippen LogP contribution in [-0.4, -0.2) is 28.2 Å². The number of pyridine rings is 1. The van der Waals surface area contributed by atoms with Gasteiger partial charge in [0.15, 0.2) is 0 Å². The topological polar surface area (TPSA) is 76.3 Å². The van der Waals surface area contributed by atoms with E-state index in [0.29, 0.717) is 12.1 Å². The first-order valence-corrected chi connectivity index (χ1v) is 8.69. The Morgan fingerprint density at radius 3 is 2.74 bits per heavy atom. The van der Waals surface area contributed by atoms with Gasteiger partial charge in [0.2, 0.25) is 5.91 Å². The molecule has 0 bridgehead atoms. The molecule has 134 valence electrons. The highest BCUT2D eigenvalue weighted by molar-refractivity contribution is 6.05. The van der Waals surface area contributed by atoms with Crippen LogP contribution < -0.4 is 5.73 Å². The maximum atomic E-state index is 12.7. The zero-order valence-corrected chi connectivity index (χ0v) is 15.0. The number of hydrogen-bond acceptors (Lipinski definition) is 3. The minimum Gasteiger partial charge on any atom is -0.366 e. The third kappa shape index (κ3) is 2.97. The van der Waals surface area contributed by atoms with Gasteiger partial charge in [0.25, 0.3) is 5.91 Å². The molecule has 27 heavy (non-hydrogen) atoms. The van der Waals surface area contributed by atoms with Crippen molar-refractivity contribution in [2.75, 3.05) is 6.54 Å². The maximum absolute atomic E-state index is 12.7. The highest BCUT2D eigenvalue weighted by Crippen LogP contribution is 2.33. The van der Waals surface area contributed by atoms with Gasteiger partial charge in [-0.2, -0.15) is 0 Å². The average molecular weight is 357 g/mol. The molecule has 2 amide bonds. The van der Waals surface area contributed by atoms with Gasteiger partial charge in [0.1, 0.15) is 0 Å². The molecular formula is C22H19N3O2. The van der Waals surface area contributed by atoms with Crippen LogP contribution in [0, 0.1) is 6.92 Å². The standard InChI is InChI=1S/C22H19N3O2/c1-13-7-8-24-20(9-13)16-4-3-15-5-6-17-19(18(15)10-16)12-25(22(17)27)11-14(2)21(23)26/h3-10H,2,11-12H2,1H3,(H2,23,26). The Morgan fingerprint density at radius 2 is 2.00 bits per heavy atom. The molecule has 0 fully saturated rings. The number of nitrogens with two attached hydrogens (primary N) is 1. The number of aryl methyl sites for hydroxylation is 1. The maximum Gasteiger partial charge on any atom is 0.254 e. The van der Waals surface area contributed by atoms with Crippen molar-refractivity contribution in [3.05, 3.63) is 77.5 Å². The van der Waals surface area contributed by atoms with Gasteiger partial charge >= 0.3 is 0 Å². The van der Waals surface area contributed by atoms with E-state index in [1.54, 1.807) is 11.1 Å². The lowest BCUT2D eigenvalue weighted by atomic mass is 9.97. The van der Waals surface area contributed by atoms with Crippen LogP contribution in [0.2, 0.25) is 0 Å². The van der Waals surface area contributed by atoms with E-state index in [9.17, 15) is 9.59 Å². The van der Waals surface area contributed by atoms with Crippen molar-refractivity contribution in [3.8, 4) is 11.3 Å². The van der Waals surface area contributed by atoms with Gasteiger partial charge in [-0.05, 0) is 53.1 Å². The number of nitrogens with zero attached hydrogens (tertiary/aromatic N) is 2. The third-order valence-corrected chi connectivity index (χ3v) is 4.94. The lowest BCUT2D eigenvalue weighted by molar-refractivity contribution is -0.114. The first-order valence-electron chi connectivity index (χ1n) is 8.69. The minimum atomic E-state index is -0.587. The summed E-state index contributed by atoms with van der Waals surface area (Å²) in [5, 5.41) is 2.09. The van der Waals surface area contributed by atoms with Crippen molar-refractivity contribution in [2.24, 2.45) is 5.73 Å². The minimum absolute atomic E-state index is 0.103. The van der Waals surface area contributed by atoms with Crippen molar-refractivity contribution >= 4 is 22.6 Å². The van der Waals surface area contributed by atoms with E-state index in [2.05, 4.69) is 17.6 Å². The monoisotopic (exact) mass is 357 g/mol. The predicted molar refractivity (Wildman–Crippen MR) is 105 cm³/mol. The molecule has 1 aliphatic heterocycles. The van der Waals surface area contributed by atoms with Gasteiger partial charge in [0.05, 0.1) is 12.2 Å². The number of benzene rings is 2. The molecule has 3 aromatic rings. The van der Waals surface area contributed by atoms with E-state index in [0.717, 1.165) is 33.2 Å². The van der Waals surface area contributed by atoms with Gasteiger partial charge in [-0.1, -0.05) is 24.8 Å². The molecule has 0 spiro atoms. The molecule has 1 aromatic heterocycles. The van der Waals surface area contributed by atoms with E-state index in [1.165, 1.54) is 0 Å². The number of carbonyl (C=O) groups is 2. The molecule has 2 aromatic carbocycles. The number of rotatable bonds is 4. The van der Waals surface area contributed by atoms with Gasteiger partial charge in [-0.3, -0.25) is 14.6 Å². The van der Waals surface area contributed by atoms with Crippen molar-refractivity contribution in [1.29, 1.82) is 0 Å². The second kappa shape index (κ2) is 6.36. The Morgan fingerprint density at radius 1 is 1.22 bits per heavy atom. The normalized spacial score (nSPS) is 13.1. The summed E-state index contributed by atoms with van der Waals surface area (Å²) in [6.45, 7) is 6.27. The highest BCUT2D eigenvalue weighted by atomic mass is 16.2. The Kier molecular flexibility index (Phi) is 4.00. The van der Waals surface area contributed by atoms with E-state index in [-0.39, 0.29) is 18.0 Å². The van der Waals surface area contributed by atoms with Gasteiger partial charge in [-0.15, -0.1) is 0 Å². The van der Waals surface area contributed by atoms with Crippen LogP contribution in [0.5, 0.6) is 0 Å². The number of carbonyl (C=O) groups excluding carboxylic acids is 2. The average Bonchev–Trinajstić information content (AvgIpc) is 2.97. The Hall–Kier alpha value is -3.47. The summed E-state index contributed by atoms with van der Waals surface area (Å²) in [6.07, 6.45) is 1.80. The van der Waals surface area contributed by atoms with Crippen LogP contribution in [-0.2, 0) is 11.3 Å². The summed E-state index contributed by atoms with van der Waals surface area (Å²) in [4.78, 5) is 30.1. The summed E-state index contributed by atoms with van der Waals surface area (Å²) < 4.78 is 0. The van der Waals surface area contributed by atoms with Crippen molar-refractivity contribution < 1.29 is 9.59 Å². The lowest BCUT2D eigenvalue weighted by Gasteiger charge is -2.15. The molecule has 0 saturated heterocycles. The number of aromatic nitrogens is 1. The van der Waals surface area contributed by atoms with E-state index >= 15 is 0 Å². The third-order valence-electron chi connectivity index (χ3n) is 4.94. The van der Waals surface area contributed by atoms with Gasteiger partial charge in [-0.25, -0.2) is 0 Å². The lowest BCUT2D eigenvalue weighted by Crippen LogP contribution is -2.30. The number of amides is 2. The zero-order chi connectivity index (χ0) is 19.1. The molecule has 2 N–H and O–H groups in total. The fourth-order valence-corrected chi connectivity index (χ4v) is 3.47. The second-order valence-corrected chi connectivity index (χ2v) is 6.88. The Bertz CT molecular complexity index is 1120. The SMILES string of the molecule is C=C(CN1Cc2c(ccc3ccc(-c4cc(C)ccn4)cc23)C1=O)C(N)=O. The summed E-state index contributed by atoms with van der Waals surface area (Å²) >= 11 is 0. The van der Waals surface area contributed by atoms with Crippen LogP contribution >= 0.6 is 0 Å². The van der Waals surface area contributed by atoms with Crippen LogP contribution in [0.15, 0.2) is 60.8 Å². The number of fused-ring (bicyclic) bond motifs is 3. The second-order valence-electron chi connectivity index (χ2n) is 6.88. The zero-order valence-electron chi connectivity index (χ0n) is 15.0.